The van der Waals surface area contributed by atoms with E-state index in [1.54, 1.807) is 0 Å². The van der Waals surface area contributed by atoms with E-state index in [0.29, 0.717) is 0 Å². The average molecular weight is 713 g/mol. The second-order valence-electron chi connectivity index (χ2n) is 14.6. The molecule has 0 unspecified atom stereocenters. The maximum atomic E-state index is 2.39. The van der Waals surface area contributed by atoms with Gasteiger partial charge < -0.3 is 9.47 Å². The first kappa shape index (κ1) is 32.0. The predicted molar refractivity (Wildman–Crippen MR) is 239 cm³/mol. The lowest BCUT2D eigenvalue weighted by molar-refractivity contribution is 1.18. The van der Waals surface area contributed by atoms with E-state index < -0.39 is 0 Å². The molecule has 0 fully saturated rings. The summed E-state index contributed by atoms with van der Waals surface area (Å²) in [6.45, 7) is 0. The molecule has 1 aromatic heterocycles. The molecule has 0 aliphatic heterocycles. The number of aromatic nitrogens is 1. The van der Waals surface area contributed by atoms with Crippen LogP contribution in [0.25, 0.3) is 82.1 Å². The first-order valence-electron chi connectivity index (χ1n) is 19.3. The fourth-order valence-corrected chi connectivity index (χ4v) is 8.67. The molecule has 0 bridgehead atoms. The Kier molecular flexibility index (Phi) is 7.53. The van der Waals surface area contributed by atoms with Crippen molar-refractivity contribution in [2.24, 2.45) is 0 Å². The number of hydrogen-bond acceptors (Lipinski definition) is 1. The summed E-state index contributed by atoms with van der Waals surface area (Å²) >= 11 is 0. The van der Waals surface area contributed by atoms with Gasteiger partial charge in [0.05, 0.1) is 11.0 Å². The van der Waals surface area contributed by atoms with E-state index in [1.165, 1.54) is 76.4 Å². The van der Waals surface area contributed by atoms with Gasteiger partial charge in [0.15, 0.2) is 0 Å². The number of rotatable bonds is 6. The third-order valence-corrected chi connectivity index (χ3v) is 11.3. The summed E-state index contributed by atoms with van der Waals surface area (Å²) in [7, 11) is 0. The zero-order chi connectivity index (χ0) is 37.0. The Morgan fingerprint density at radius 2 is 0.804 bits per heavy atom. The van der Waals surface area contributed by atoms with Crippen LogP contribution in [0.5, 0.6) is 0 Å². The molecule has 0 aliphatic rings. The molecule has 0 saturated heterocycles. The fourth-order valence-electron chi connectivity index (χ4n) is 8.67. The molecule has 262 valence electrons. The van der Waals surface area contributed by atoms with E-state index in [2.05, 4.69) is 228 Å². The minimum absolute atomic E-state index is 1.10. The molecule has 0 amide bonds. The highest BCUT2D eigenvalue weighted by molar-refractivity contribution is 6.17. The molecule has 0 atom stereocenters. The van der Waals surface area contributed by atoms with Gasteiger partial charge in [-0.15, -0.1) is 0 Å². The summed E-state index contributed by atoms with van der Waals surface area (Å²) in [6, 6.07) is 79.5. The van der Waals surface area contributed by atoms with Crippen LogP contribution in [0.3, 0.4) is 0 Å². The van der Waals surface area contributed by atoms with Crippen molar-refractivity contribution in [1.82, 2.24) is 4.57 Å². The van der Waals surface area contributed by atoms with Crippen molar-refractivity contribution in [2.45, 2.75) is 0 Å². The third-order valence-electron chi connectivity index (χ3n) is 11.3. The van der Waals surface area contributed by atoms with Gasteiger partial charge in [0.2, 0.25) is 0 Å². The molecular formula is C54H36N2. The van der Waals surface area contributed by atoms with Gasteiger partial charge >= 0.3 is 0 Å². The highest BCUT2D eigenvalue weighted by atomic mass is 15.1. The van der Waals surface area contributed by atoms with Crippen LogP contribution in [0.1, 0.15) is 0 Å². The van der Waals surface area contributed by atoms with Gasteiger partial charge in [0.1, 0.15) is 0 Å². The van der Waals surface area contributed by atoms with Crippen LogP contribution in [-0.4, -0.2) is 4.57 Å². The molecule has 1 heterocycles. The summed E-state index contributed by atoms with van der Waals surface area (Å²) < 4.78 is 2.39. The number of para-hydroxylation sites is 2. The third kappa shape index (κ3) is 5.34. The number of nitrogens with zero attached hydrogens (tertiary/aromatic N) is 2. The number of hydrogen-bond donors (Lipinski definition) is 0. The average Bonchev–Trinajstić information content (AvgIpc) is 3.60. The Hall–Kier alpha value is -7.42. The maximum absolute atomic E-state index is 2.39. The number of benzene rings is 10. The van der Waals surface area contributed by atoms with Gasteiger partial charge in [0, 0.05) is 33.5 Å². The minimum atomic E-state index is 1.10. The molecule has 11 aromatic rings. The molecule has 0 radical (unpaired) electrons. The Balaban J connectivity index is 1.04. The van der Waals surface area contributed by atoms with Gasteiger partial charge in [-0.3, -0.25) is 0 Å². The molecule has 0 N–H and O–H groups in total. The summed E-state index contributed by atoms with van der Waals surface area (Å²) in [5, 5.41) is 10.2. The Morgan fingerprint density at radius 1 is 0.268 bits per heavy atom. The summed E-state index contributed by atoms with van der Waals surface area (Å²) in [6.07, 6.45) is 0. The second kappa shape index (κ2) is 13.2. The monoisotopic (exact) mass is 712 g/mol. The summed E-state index contributed by atoms with van der Waals surface area (Å²) in [5.41, 5.74) is 11.6. The van der Waals surface area contributed by atoms with E-state index in [0.717, 1.165) is 22.7 Å². The molecule has 0 saturated carbocycles. The number of fused-ring (bicyclic) bond motifs is 8. The van der Waals surface area contributed by atoms with Crippen molar-refractivity contribution < 1.29 is 0 Å². The van der Waals surface area contributed by atoms with Crippen LogP contribution in [0.15, 0.2) is 218 Å². The fraction of sp³-hybridized carbons (Fsp3) is 0. The Morgan fingerprint density at radius 3 is 1.62 bits per heavy atom. The molecule has 10 aromatic carbocycles. The lowest BCUT2D eigenvalue weighted by Gasteiger charge is -2.26. The van der Waals surface area contributed by atoms with Crippen molar-refractivity contribution in [3.8, 4) is 27.9 Å². The van der Waals surface area contributed by atoms with Crippen molar-refractivity contribution in [2.75, 3.05) is 4.90 Å². The molecular weight excluding hydrogens is 677 g/mol. The highest BCUT2D eigenvalue weighted by Crippen LogP contribution is 2.41. The van der Waals surface area contributed by atoms with E-state index in [4.69, 9.17) is 0 Å². The zero-order valence-electron chi connectivity index (χ0n) is 30.7. The first-order chi connectivity index (χ1) is 27.8. The quantitative estimate of drug-likeness (QED) is 0.156. The van der Waals surface area contributed by atoms with Crippen LogP contribution in [0.2, 0.25) is 0 Å². The largest absolute Gasteiger partial charge is 0.310 e. The SMILES string of the molecule is c1ccc(-c2cccc(N(c3ccc(-c4ccc5c(ccc6c7ccccc7ccc56)c4)cc3)c3ccc4c5ccccc5n(-c5ccccc5)c4c3)c2)cc1. The topological polar surface area (TPSA) is 8.17 Å². The number of anilines is 3. The first-order valence-corrected chi connectivity index (χ1v) is 19.3. The lowest BCUT2D eigenvalue weighted by Crippen LogP contribution is -2.10. The summed E-state index contributed by atoms with van der Waals surface area (Å²) in [5.74, 6) is 0. The van der Waals surface area contributed by atoms with Crippen LogP contribution < -0.4 is 4.90 Å². The molecule has 0 spiro atoms. The summed E-state index contributed by atoms with van der Waals surface area (Å²) in [4.78, 5) is 2.39. The second-order valence-corrected chi connectivity index (χ2v) is 14.6. The molecule has 2 heteroatoms. The molecule has 56 heavy (non-hydrogen) atoms. The van der Waals surface area contributed by atoms with E-state index in [-0.39, 0.29) is 0 Å². The normalized spacial score (nSPS) is 11.6. The zero-order valence-corrected chi connectivity index (χ0v) is 30.7. The maximum Gasteiger partial charge on any atom is 0.0561 e. The van der Waals surface area contributed by atoms with Gasteiger partial charge in [-0.1, -0.05) is 158 Å². The molecule has 0 aliphatic carbocycles. The van der Waals surface area contributed by atoms with Crippen molar-refractivity contribution in [3.05, 3.63) is 218 Å². The Bertz CT molecular complexity index is 3230. The molecule has 11 rings (SSSR count). The standard InChI is InChI=1S/C54H36N2/c1-3-12-37(13-4-1)40-15-11-18-45(35-40)55(46-29-33-52-51-20-9-10-21-53(51)56(54(52)36-46)43-16-5-2-6-17-43)44-27-22-38(23-28-44)41-25-30-48-42(34-41)26-32-49-47-19-8-7-14-39(47)24-31-50(48)49/h1-36H. The van der Waals surface area contributed by atoms with Crippen molar-refractivity contribution >= 4 is 71.2 Å². The van der Waals surface area contributed by atoms with Gasteiger partial charge in [0.25, 0.3) is 0 Å². The van der Waals surface area contributed by atoms with E-state index in [9.17, 15) is 0 Å². The minimum Gasteiger partial charge on any atom is -0.310 e. The van der Waals surface area contributed by atoms with E-state index in [1.807, 2.05) is 0 Å². The smallest absolute Gasteiger partial charge is 0.0561 e. The predicted octanol–water partition coefficient (Wildman–Crippen LogP) is 15.0. The van der Waals surface area contributed by atoms with Gasteiger partial charge in [-0.05, 0) is 115 Å². The van der Waals surface area contributed by atoms with Crippen LogP contribution in [0, 0.1) is 0 Å². The van der Waals surface area contributed by atoms with E-state index >= 15 is 0 Å². The van der Waals surface area contributed by atoms with Crippen LogP contribution in [0.4, 0.5) is 17.1 Å². The highest BCUT2D eigenvalue weighted by Gasteiger charge is 2.18. The lowest BCUT2D eigenvalue weighted by atomic mass is 9.95. The van der Waals surface area contributed by atoms with Crippen LogP contribution in [-0.2, 0) is 0 Å². The van der Waals surface area contributed by atoms with Gasteiger partial charge in [-0.2, -0.15) is 0 Å². The van der Waals surface area contributed by atoms with Crippen molar-refractivity contribution in [3.63, 3.8) is 0 Å². The van der Waals surface area contributed by atoms with Crippen molar-refractivity contribution in [1.29, 1.82) is 0 Å². The molecule has 2 nitrogen and oxygen atoms in total. The van der Waals surface area contributed by atoms with Crippen LogP contribution >= 0.6 is 0 Å². The van der Waals surface area contributed by atoms with Gasteiger partial charge in [-0.25, -0.2) is 0 Å². The Labute approximate surface area is 325 Å².